The Bertz CT molecular complexity index is 1170. The van der Waals surface area contributed by atoms with Gasteiger partial charge in [-0.05, 0) is 13.0 Å². The smallest absolute Gasteiger partial charge is 0.339 e. The van der Waals surface area contributed by atoms with Crippen LogP contribution in [0.3, 0.4) is 0 Å². The molecule has 2 aliphatic heterocycles. The van der Waals surface area contributed by atoms with Gasteiger partial charge in [0.15, 0.2) is 5.41 Å². The van der Waals surface area contributed by atoms with Crippen molar-refractivity contribution in [3.05, 3.63) is 52.6 Å². The van der Waals surface area contributed by atoms with Gasteiger partial charge in [-0.1, -0.05) is 18.2 Å². The minimum absolute atomic E-state index is 0.0893. The molecule has 12 heteroatoms. The van der Waals surface area contributed by atoms with Gasteiger partial charge in [0.25, 0.3) is 0 Å². The van der Waals surface area contributed by atoms with E-state index in [0.717, 1.165) is 14.2 Å². The van der Waals surface area contributed by atoms with E-state index in [1.165, 1.54) is 31.1 Å². The molecule has 2 aliphatic rings. The number of carbonyl (C=O) groups excluding carboxylic acids is 5. The van der Waals surface area contributed by atoms with Crippen molar-refractivity contribution in [2.75, 3.05) is 39.4 Å². The van der Waals surface area contributed by atoms with E-state index in [1.54, 1.807) is 12.1 Å². The van der Waals surface area contributed by atoms with Crippen molar-refractivity contribution in [2.45, 2.75) is 18.8 Å². The van der Waals surface area contributed by atoms with Gasteiger partial charge in [0.2, 0.25) is 0 Å². The van der Waals surface area contributed by atoms with Crippen LogP contribution in [0.2, 0.25) is 0 Å². The van der Waals surface area contributed by atoms with Gasteiger partial charge in [-0.3, -0.25) is 9.59 Å². The Balaban J connectivity index is 2.46. The van der Waals surface area contributed by atoms with Crippen LogP contribution in [0.25, 0.3) is 0 Å². The van der Waals surface area contributed by atoms with E-state index in [2.05, 4.69) is 4.74 Å². The minimum atomic E-state index is -2.24. The second-order valence-corrected chi connectivity index (χ2v) is 7.34. The number of esters is 5. The van der Waals surface area contributed by atoms with Crippen molar-refractivity contribution < 1.29 is 47.7 Å². The summed E-state index contributed by atoms with van der Waals surface area (Å²) < 4.78 is 24.9. The number of fused-ring (bicyclic) bond motifs is 2. The van der Waals surface area contributed by atoms with Gasteiger partial charge < -0.3 is 34.3 Å². The molecule has 0 aromatic heterocycles. The third-order valence-corrected chi connectivity index (χ3v) is 5.61. The number of carbonyl (C=O) groups is 5. The van der Waals surface area contributed by atoms with Crippen molar-refractivity contribution in [3.63, 3.8) is 0 Å². The molecule has 1 aromatic carbocycles. The van der Waals surface area contributed by atoms with Crippen LogP contribution in [-0.4, -0.2) is 64.3 Å². The summed E-state index contributed by atoms with van der Waals surface area (Å²) in [7, 11) is 3.37. The third kappa shape index (κ3) is 3.96. The summed E-state index contributed by atoms with van der Waals surface area (Å²) in [5.41, 5.74) is 3.57. The second-order valence-electron chi connectivity index (χ2n) is 7.34. The number of hydrogen-bond donors (Lipinski definition) is 1. The highest BCUT2D eigenvalue weighted by Gasteiger charge is 2.64. The quantitative estimate of drug-likeness (QED) is 0.411. The summed E-state index contributed by atoms with van der Waals surface area (Å²) in [5.74, 6) is -5.35. The molecule has 0 fully saturated rings. The Morgan fingerprint density at radius 3 is 2.23 bits per heavy atom. The number of nitrogens with two attached hydrogens (primary N) is 1. The highest BCUT2D eigenvalue weighted by Crippen LogP contribution is 2.54. The Kier molecular flexibility index (Phi) is 7.13. The van der Waals surface area contributed by atoms with Crippen molar-refractivity contribution in [1.82, 2.24) is 0 Å². The maximum Gasteiger partial charge on any atom is 0.339 e. The van der Waals surface area contributed by atoms with Gasteiger partial charge >= 0.3 is 29.8 Å². The van der Waals surface area contributed by atoms with Crippen LogP contribution in [-0.2, 0) is 53.1 Å². The number of cyclic esters (lactones) is 1. The van der Waals surface area contributed by atoms with Crippen LogP contribution < -0.4 is 10.6 Å². The Labute approximate surface area is 200 Å². The van der Waals surface area contributed by atoms with Crippen molar-refractivity contribution >= 4 is 35.5 Å². The number of para-hydroxylation sites is 1. The number of benzene rings is 1. The minimum Gasteiger partial charge on any atom is -0.469 e. The lowest BCUT2D eigenvalue weighted by Gasteiger charge is -2.40. The maximum absolute atomic E-state index is 13.6. The Morgan fingerprint density at radius 2 is 1.63 bits per heavy atom. The first-order valence-corrected chi connectivity index (χ1v) is 10.4. The highest BCUT2D eigenvalue weighted by molar-refractivity contribution is 6.16. The molecule has 1 spiro atoms. The number of rotatable bonds is 7. The molecule has 35 heavy (non-hydrogen) atoms. The van der Waals surface area contributed by atoms with Crippen LogP contribution >= 0.6 is 0 Å². The summed E-state index contributed by atoms with van der Waals surface area (Å²) in [6.45, 7) is 1.03. The van der Waals surface area contributed by atoms with Crippen LogP contribution in [0.4, 0.5) is 5.69 Å². The lowest BCUT2D eigenvalue weighted by molar-refractivity contribution is -0.147. The van der Waals surface area contributed by atoms with Gasteiger partial charge in [0.05, 0.1) is 27.9 Å². The van der Waals surface area contributed by atoms with Crippen LogP contribution in [0.15, 0.2) is 47.0 Å². The zero-order valence-electron chi connectivity index (χ0n) is 19.5. The fourth-order valence-electron chi connectivity index (χ4n) is 4.16. The van der Waals surface area contributed by atoms with Crippen molar-refractivity contribution in [3.8, 4) is 0 Å². The predicted molar refractivity (Wildman–Crippen MR) is 117 cm³/mol. The number of methoxy groups -OCH3 is 3. The first kappa shape index (κ1) is 25.3. The van der Waals surface area contributed by atoms with Crippen LogP contribution in [0.1, 0.15) is 18.9 Å². The molecular weight excluding hydrogens is 464 g/mol. The summed E-state index contributed by atoms with van der Waals surface area (Å²) in [4.78, 5) is 65.5. The summed E-state index contributed by atoms with van der Waals surface area (Å²) in [5, 5.41) is 0. The number of anilines is 1. The molecule has 0 saturated heterocycles. The van der Waals surface area contributed by atoms with Gasteiger partial charge in [0, 0.05) is 11.3 Å². The second kappa shape index (κ2) is 9.87. The molecule has 0 saturated carbocycles. The molecule has 0 bridgehead atoms. The summed E-state index contributed by atoms with van der Waals surface area (Å²) >= 11 is 0. The molecule has 1 unspecified atom stereocenters. The van der Waals surface area contributed by atoms with E-state index >= 15 is 0 Å². The highest BCUT2D eigenvalue weighted by atomic mass is 16.6. The maximum atomic E-state index is 13.6. The normalized spacial score (nSPS) is 18.7. The van der Waals surface area contributed by atoms with Gasteiger partial charge in [-0.2, -0.15) is 0 Å². The predicted octanol–water partition coefficient (Wildman–Crippen LogP) is 0.198. The SMILES string of the molecule is CCOC(=O)C1=C(N)N(CC(=O)OC)c2ccccc2C12C(=O)OC(CC(=O)OC)=C2C(=O)OC. The number of hydrogen-bond acceptors (Lipinski definition) is 12. The van der Waals surface area contributed by atoms with Gasteiger partial charge in [-0.15, -0.1) is 0 Å². The van der Waals surface area contributed by atoms with E-state index in [-0.39, 0.29) is 29.4 Å². The fourth-order valence-corrected chi connectivity index (χ4v) is 4.16. The van der Waals surface area contributed by atoms with Gasteiger partial charge in [0.1, 0.15) is 35.7 Å². The van der Waals surface area contributed by atoms with Gasteiger partial charge in [-0.25, -0.2) is 14.4 Å². The first-order chi connectivity index (χ1) is 16.7. The molecular formula is C23H24N2O10. The molecule has 2 N–H and O–H groups in total. The Morgan fingerprint density at radius 1 is 0.971 bits per heavy atom. The van der Waals surface area contributed by atoms with E-state index in [1.807, 2.05) is 0 Å². The fraction of sp³-hybridized carbons (Fsp3) is 0.348. The van der Waals surface area contributed by atoms with Crippen molar-refractivity contribution in [2.24, 2.45) is 5.73 Å². The van der Waals surface area contributed by atoms with E-state index in [9.17, 15) is 24.0 Å². The Hall–Kier alpha value is -4.35. The number of nitrogens with zero attached hydrogens (tertiary/aromatic N) is 1. The van der Waals surface area contributed by atoms with Crippen LogP contribution in [0.5, 0.6) is 0 Å². The summed E-state index contributed by atoms with van der Waals surface area (Å²) in [6.07, 6.45) is -0.599. The molecule has 12 nitrogen and oxygen atoms in total. The lowest BCUT2D eigenvalue weighted by Crippen LogP contribution is -2.51. The van der Waals surface area contributed by atoms with E-state index < -0.39 is 59.4 Å². The average molecular weight is 488 g/mol. The van der Waals surface area contributed by atoms with E-state index in [4.69, 9.17) is 24.7 Å². The monoisotopic (exact) mass is 488 g/mol. The van der Waals surface area contributed by atoms with E-state index in [0.29, 0.717) is 0 Å². The zero-order chi connectivity index (χ0) is 25.9. The molecule has 3 rings (SSSR count). The topological polar surface area (TPSA) is 161 Å². The molecule has 0 radical (unpaired) electrons. The first-order valence-electron chi connectivity index (χ1n) is 10.4. The summed E-state index contributed by atoms with van der Waals surface area (Å²) in [6, 6.07) is 6.17. The molecule has 0 amide bonds. The number of ether oxygens (including phenoxy) is 5. The van der Waals surface area contributed by atoms with Crippen molar-refractivity contribution in [1.29, 1.82) is 0 Å². The lowest BCUT2D eigenvalue weighted by atomic mass is 9.66. The molecule has 1 aromatic rings. The molecule has 2 heterocycles. The standard InChI is InChI=1S/C23H24N2O10/c1-5-34-21(29)18-19(24)25(11-16(27)32-3)13-9-7-6-8-12(13)23(18)17(20(28)33-4)14(35-22(23)30)10-15(26)31-2/h6-9H,5,10-11,24H2,1-4H3. The molecule has 186 valence electrons. The zero-order valence-corrected chi connectivity index (χ0v) is 19.5. The van der Waals surface area contributed by atoms with Crippen LogP contribution in [0, 0.1) is 0 Å². The average Bonchev–Trinajstić information content (AvgIpc) is 3.12. The molecule has 0 aliphatic carbocycles. The largest absolute Gasteiger partial charge is 0.469 e. The molecule has 1 atom stereocenters. The third-order valence-electron chi connectivity index (χ3n) is 5.61.